The molecule has 0 aromatic heterocycles. The molecule has 104 valence electrons. The Morgan fingerprint density at radius 2 is 1.75 bits per heavy atom. The Kier molecular flexibility index (Phi) is 4.05. The van der Waals surface area contributed by atoms with Crippen molar-refractivity contribution in [3.8, 4) is 0 Å². The van der Waals surface area contributed by atoms with Crippen molar-refractivity contribution in [3.05, 3.63) is 64.7 Å². The molecule has 0 saturated heterocycles. The predicted octanol–water partition coefficient (Wildman–Crippen LogP) is 4.39. The van der Waals surface area contributed by atoms with Crippen LogP contribution in [0.25, 0.3) is 0 Å². The Bertz CT molecular complexity index is 569. The summed E-state index contributed by atoms with van der Waals surface area (Å²) in [6, 6.07) is 15.8. The number of hydrogen-bond donors (Lipinski definition) is 1. The van der Waals surface area contributed by atoms with Gasteiger partial charge in [-0.25, -0.2) is 0 Å². The second kappa shape index (κ2) is 6.13. The summed E-state index contributed by atoms with van der Waals surface area (Å²) in [6.45, 7) is 3.33. The molecule has 0 aliphatic carbocycles. The Morgan fingerprint density at radius 3 is 2.55 bits per heavy atom. The molecule has 0 unspecified atom stereocenters. The molecule has 0 radical (unpaired) electrons. The van der Waals surface area contributed by atoms with Gasteiger partial charge in [0.15, 0.2) is 0 Å². The van der Waals surface area contributed by atoms with Crippen molar-refractivity contribution in [2.75, 3.05) is 11.9 Å². The number of nitrogens with one attached hydrogen (secondary N) is 1. The first kappa shape index (κ1) is 13.2. The van der Waals surface area contributed by atoms with E-state index in [0.29, 0.717) is 0 Å². The molecule has 0 amide bonds. The number of rotatable bonds is 4. The fraction of sp³-hybridized carbons (Fsp3) is 0.368. The van der Waals surface area contributed by atoms with Gasteiger partial charge in [0.1, 0.15) is 0 Å². The molecule has 1 N–H and O–H groups in total. The van der Waals surface area contributed by atoms with Gasteiger partial charge in [-0.15, -0.1) is 0 Å². The van der Waals surface area contributed by atoms with Crippen LogP contribution in [0.5, 0.6) is 0 Å². The second-order valence-corrected chi connectivity index (χ2v) is 5.65. The van der Waals surface area contributed by atoms with Crippen molar-refractivity contribution in [2.24, 2.45) is 0 Å². The van der Waals surface area contributed by atoms with E-state index in [0.717, 1.165) is 25.8 Å². The number of anilines is 1. The van der Waals surface area contributed by atoms with E-state index in [2.05, 4.69) is 54.7 Å². The van der Waals surface area contributed by atoms with Crippen LogP contribution in [-0.2, 0) is 25.7 Å². The normalized spacial score (nSPS) is 13.7. The van der Waals surface area contributed by atoms with Crippen LogP contribution >= 0.6 is 0 Å². The highest BCUT2D eigenvalue weighted by atomic mass is 14.9. The Morgan fingerprint density at radius 1 is 0.950 bits per heavy atom. The average Bonchev–Trinajstić information content (AvgIpc) is 2.53. The third-order valence-electron chi connectivity index (χ3n) is 4.28. The van der Waals surface area contributed by atoms with E-state index in [4.69, 9.17) is 0 Å². The van der Waals surface area contributed by atoms with Crippen LogP contribution in [-0.4, -0.2) is 6.54 Å². The first-order chi connectivity index (χ1) is 9.86. The molecule has 1 aliphatic heterocycles. The largest absolute Gasteiger partial charge is 0.385 e. The predicted molar refractivity (Wildman–Crippen MR) is 86.5 cm³/mol. The van der Waals surface area contributed by atoms with Crippen molar-refractivity contribution in [2.45, 2.75) is 39.0 Å². The van der Waals surface area contributed by atoms with Crippen molar-refractivity contribution in [3.63, 3.8) is 0 Å². The lowest BCUT2D eigenvalue weighted by molar-refractivity contribution is 0.820. The molecule has 2 aromatic carbocycles. The first-order valence-corrected chi connectivity index (χ1v) is 7.79. The van der Waals surface area contributed by atoms with Gasteiger partial charge in [0.2, 0.25) is 0 Å². The molecule has 0 atom stereocenters. The van der Waals surface area contributed by atoms with E-state index in [9.17, 15) is 0 Å². The van der Waals surface area contributed by atoms with Crippen LogP contribution in [0, 0.1) is 0 Å². The lowest BCUT2D eigenvalue weighted by Crippen LogP contribution is -2.13. The summed E-state index contributed by atoms with van der Waals surface area (Å²) in [5, 5.41) is 3.59. The van der Waals surface area contributed by atoms with Crippen molar-refractivity contribution >= 4 is 5.69 Å². The van der Waals surface area contributed by atoms with Crippen LogP contribution < -0.4 is 5.32 Å². The molecule has 1 heteroatoms. The van der Waals surface area contributed by atoms with Crippen LogP contribution in [0.4, 0.5) is 5.69 Å². The van der Waals surface area contributed by atoms with E-state index < -0.39 is 0 Å². The fourth-order valence-electron chi connectivity index (χ4n) is 3.01. The zero-order chi connectivity index (χ0) is 13.8. The molecular weight excluding hydrogens is 242 g/mol. The van der Waals surface area contributed by atoms with Gasteiger partial charge in [-0.05, 0) is 54.4 Å². The van der Waals surface area contributed by atoms with E-state index in [-0.39, 0.29) is 0 Å². The van der Waals surface area contributed by atoms with Gasteiger partial charge >= 0.3 is 0 Å². The maximum atomic E-state index is 3.59. The van der Waals surface area contributed by atoms with Gasteiger partial charge in [0.05, 0.1) is 0 Å². The minimum atomic E-state index is 1.12. The maximum absolute atomic E-state index is 3.59. The van der Waals surface area contributed by atoms with Gasteiger partial charge in [0.25, 0.3) is 0 Å². The van der Waals surface area contributed by atoms with Crippen LogP contribution in [0.1, 0.15) is 35.6 Å². The first-order valence-electron chi connectivity index (χ1n) is 7.79. The molecule has 1 nitrogen and oxygen atoms in total. The number of hydrogen-bond acceptors (Lipinski definition) is 1. The highest BCUT2D eigenvalue weighted by Crippen LogP contribution is 2.27. The van der Waals surface area contributed by atoms with Crippen LogP contribution in [0.3, 0.4) is 0 Å². The third kappa shape index (κ3) is 2.87. The topological polar surface area (TPSA) is 12.0 Å². The molecule has 1 heterocycles. The minimum Gasteiger partial charge on any atom is -0.385 e. The van der Waals surface area contributed by atoms with E-state index in [1.54, 1.807) is 0 Å². The molecule has 0 fully saturated rings. The zero-order valence-corrected chi connectivity index (χ0v) is 12.3. The van der Waals surface area contributed by atoms with E-state index in [1.807, 2.05) is 0 Å². The fourth-order valence-corrected chi connectivity index (χ4v) is 3.01. The number of aryl methyl sites for hydroxylation is 4. The molecule has 1 aliphatic rings. The quantitative estimate of drug-likeness (QED) is 0.864. The molecule has 0 bridgehead atoms. The summed E-state index contributed by atoms with van der Waals surface area (Å²) in [6.07, 6.45) is 5.86. The van der Waals surface area contributed by atoms with Crippen molar-refractivity contribution in [1.29, 1.82) is 0 Å². The molecule has 20 heavy (non-hydrogen) atoms. The highest BCUT2D eigenvalue weighted by Gasteiger charge is 2.11. The molecule has 3 rings (SSSR count). The van der Waals surface area contributed by atoms with Gasteiger partial charge in [0, 0.05) is 12.2 Å². The number of para-hydroxylation sites is 1. The smallest absolute Gasteiger partial charge is 0.0405 e. The molecule has 0 spiro atoms. The average molecular weight is 265 g/mol. The van der Waals surface area contributed by atoms with Gasteiger partial charge in [-0.2, -0.15) is 0 Å². The monoisotopic (exact) mass is 265 g/mol. The molecule has 0 saturated carbocycles. The van der Waals surface area contributed by atoms with Crippen LogP contribution in [0.15, 0.2) is 42.5 Å². The summed E-state index contributed by atoms with van der Waals surface area (Å²) in [5.74, 6) is 0. The van der Waals surface area contributed by atoms with Crippen molar-refractivity contribution in [1.82, 2.24) is 0 Å². The number of fused-ring (bicyclic) bond motifs is 1. The van der Waals surface area contributed by atoms with Gasteiger partial charge in [-0.3, -0.25) is 0 Å². The SMILES string of the molecule is CCc1ccc(CCc2cccc3c2NCCC3)cc1. The standard InChI is InChI=1S/C19H23N/c1-2-15-8-10-16(11-9-15)12-13-18-6-3-5-17-7-4-14-20-19(17)18/h3,5-6,8-11,20H,2,4,7,12-14H2,1H3. The van der Waals surface area contributed by atoms with Crippen molar-refractivity contribution < 1.29 is 0 Å². The third-order valence-corrected chi connectivity index (χ3v) is 4.28. The Balaban J connectivity index is 1.71. The summed E-state index contributed by atoms with van der Waals surface area (Å²) in [4.78, 5) is 0. The van der Waals surface area contributed by atoms with E-state index >= 15 is 0 Å². The second-order valence-electron chi connectivity index (χ2n) is 5.65. The minimum absolute atomic E-state index is 1.12. The molecule has 2 aromatic rings. The lowest BCUT2D eigenvalue weighted by atomic mass is 9.95. The van der Waals surface area contributed by atoms with Gasteiger partial charge < -0.3 is 5.32 Å². The van der Waals surface area contributed by atoms with E-state index in [1.165, 1.54) is 40.8 Å². The summed E-state index contributed by atoms with van der Waals surface area (Å²) >= 11 is 0. The summed E-state index contributed by atoms with van der Waals surface area (Å²) in [5.41, 5.74) is 7.24. The summed E-state index contributed by atoms with van der Waals surface area (Å²) < 4.78 is 0. The number of benzene rings is 2. The molecular formula is C19H23N. The summed E-state index contributed by atoms with van der Waals surface area (Å²) in [7, 11) is 0. The maximum Gasteiger partial charge on any atom is 0.0405 e. The Hall–Kier alpha value is -1.76. The van der Waals surface area contributed by atoms with Crippen LogP contribution in [0.2, 0.25) is 0 Å². The van der Waals surface area contributed by atoms with Gasteiger partial charge in [-0.1, -0.05) is 49.4 Å². The Labute approximate surface area is 122 Å². The zero-order valence-electron chi connectivity index (χ0n) is 12.3. The lowest BCUT2D eigenvalue weighted by Gasteiger charge is -2.21. The highest BCUT2D eigenvalue weighted by molar-refractivity contribution is 5.59.